The van der Waals surface area contributed by atoms with Crippen molar-refractivity contribution in [2.45, 2.75) is 111 Å². The first-order chi connectivity index (χ1) is 11.5. The molecule has 0 radical (unpaired) electrons. The molecule has 2 fully saturated rings. The molecule has 0 aromatic carbocycles. The van der Waals surface area contributed by atoms with Crippen molar-refractivity contribution in [2.24, 2.45) is 17.8 Å². The maximum Gasteiger partial charge on any atom is 0.132 e. The van der Waals surface area contributed by atoms with Gasteiger partial charge in [-0.05, 0) is 38.5 Å². The fourth-order valence-electron chi connectivity index (χ4n) is 3.10. The fraction of sp³-hybridized carbons (Fsp3) is 0.909. The lowest BCUT2D eigenvalue weighted by molar-refractivity contribution is -0.121. The van der Waals surface area contributed by atoms with Crippen LogP contribution in [0.25, 0.3) is 0 Å². The minimum absolute atomic E-state index is 0.395. The van der Waals surface area contributed by atoms with Crippen LogP contribution in [-0.4, -0.2) is 12.1 Å². The minimum atomic E-state index is 0.395. The molecule has 0 atom stereocenters. The molecule has 2 aliphatic carbocycles. The van der Waals surface area contributed by atoms with Crippen molar-refractivity contribution in [3.63, 3.8) is 0 Å². The van der Waals surface area contributed by atoms with E-state index in [1.807, 2.05) is 0 Å². The van der Waals surface area contributed by atoms with E-state index in [1.165, 1.54) is 57.8 Å². The van der Waals surface area contributed by atoms with Crippen molar-refractivity contribution < 1.29 is 9.59 Å². The Balaban J connectivity index is 0.000000342. The van der Waals surface area contributed by atoms with Crippen molar-refractivity contribution >= 4 is 12.1 Å². The zero-order chi connectivity index (χ0) is 18.2. The second kappa shape index (κ2) is 15.8. The third-order valence-electron chi connectivity index (χ3n) is 5.39. The second-order valence-corrected chi connectivity index (χ2v) is 7.81. The number of unbranched alkanes of at least 4 members (excludes halogenated alkanes) is 5. The maximum atomic E-state index is 10.9. The van der Waals surface area contributed by atoms with Crippen LogP contribution in [-0.2, 0) is 9.59 Å². The maximum absolute atomic E-state index is 10.9. The highest BCUT2D eigenvalue weighted by molar-refractivity contribution is 5.78. The van der Waals surface area contributed by atoms with Crippen molar-refractivity contribution in [1.29, 1.82) is 0 Å². The summed E-state index contributed by atoms with van der Waals surface area (Å²) in [5, 5.41) is 0. The Labute approximate surface area is 151 Å². The summed E-state index contributed by atoms with van der Waals surface area (Å²) in [6, 6.07) is 0. The van der Waals surface area contributed by atoms with E-state index in [-0.39, 0.29) is 0 Å². The quantitative estimate of drug-likeness (QED) is 0.380. The SMILES string of the molecule is CC(=O)C1CCC(C)CC1.CCCCCCCC.O=CC1CCC1. The van der Waals surface area contributed by atoms with E-state index in [0.717, 1.165) is 37.9 Å². The molecule has 0 aromatic heterocycles. The Kier molecular flexibility index (Phi) is 15.4. The monoisotopic (exact) mass is 338 g/mol. The van der Waals surface area contributed by atoms with Crippen LogP contribution in [0, 0.1) is 17.8 Å². The van der Waals surface area contributed by atoms with Gasteiger partial charge < -0.3 is 4.79 Å². The van der Waals surface area contributed by atoms with Crippen molar-refractivity contribution in [2.75, 3.05) is 0 Å². The molecule has 2 rings (SSSR count). The predicted molar refractivity (Wildman–Crippen MR) is 104 cm³/mol. The van der Waals surface area contributed by atoms with Gasteiger partial charge in [0.1, 0.15) is 12.1 Å². The van der Waals surface area contributed by atoms with Crippen LogP contribution in [0.1, 0.15) is 111 Å². The highest BCUT2D eigenvalue weighted by Gasteiger charge is 2.20. The minimum Gasteiger partial charge on any atom is -0.303 e. The van der Waals surface area contributed by atoms with Crippen molar-refractivity contribution in [3.8, 4) is 0 Å². The lowest BCUT2D eigenvalue weighted by Gasteiger charge is -2.23. The first-order valence-corrected chi connectivity index (χ1v) is 10.5. The molecule has 24 heavy (non-hydrogen) atoms. The normalized spacial score (nSPS) is 23.0. The van der Waals surface area contributed by atoms with Gasteiger partial charge in [0.2, 0.25) is 0 Å². The van der Waals surface area contributed by atoms with Gasteiger partial charge in [-0.2, -0.15) is 0 Å². The topological polar surface area (TPSA) is 34.1 Å². The molecular weight excluding hydrogens is 296 g/mol. The standard InChI is InChI=1S/C9H16O.C8H18.C5H8O/c1-7-3-5-9(6-4-7)8(2)10;1-3-5-7-8-6-4-2;6-4-5-2-1-3-5/h7,9H,3-6H2,1-2H3;3-8H2,1-2H3;4-5H,1-3H2. The number of carbonyl (C=O) groups excluding carboxylic acids is 2. The van der Waals surface area contributed by atoms with Crippen LogP contribution in [0.2, 0.25) is 0 Å². The molecule has 0 saturated heterocycles. The van der Waals surface area contributed by atoms with Crippen molar-refractivity contribution in [3.05, 3.63) is 0 Å². The average molecular weight is 339 g/mol. The van der Waals surface area contributed by atoms with Crippen LogP contribution >= 0.6 is 0 Å². The van der Waals surface area contributed by atoms with Gasteiger partial charge >= 0.3 is 0 Å². The van der Waals surface area contributed by atoms with Gasteiger partial charge in [-0.3, -0.25) is 4.79 Å². The number of ketones is 1. The number of rotatable bonds is 7. The smallest absolute Gasteiger partial charge is 0.132 e. The molecule has 0 aromatic rings. The van der Waals surface area contributed by atoms with E-state index in [4.69, 9.17) is 0 Å². The molecule has 2 aliphatic rings. The average Bonchev–Trinajstić information content (AvgIpc) is 2.52. The summed E-state index contributed by atoms with van der Waals surface area (Å²) in [6.45, 7) is 8.51. The van der Waals surface area contributed by atoms with E-state index >= 15 is 0 Å². The van der Waals surface area contributed by atoms with Gasteiger partial charge in [0.15, 0.2) is 0 Å². The number of hydrogen-bond donors (Lipinski definition) is 0. The lowest BCUT2D eigenvalue weighted by Crippen LogP contribution is -2.18. The Hall–Kier alpha value is -0.660. The van der Waals surface area contributed by atoms with Gasteiger partial charge in [-0.15, -0.1) is 0 Å². The largest absolute Gasteiger partial charge is 0.303 e. The summed E-state index contributed by atoms with van der Waals surface area (Å²) in [5.74, 6) is 2.09. The molecule has 142 valence electrons. The first kappa shape index (κ1) is 23.3. The zero-order valence-electron chi connectivity index (χ0n) is 16.8. The molecule has 2 nitrogen and oxygen atoms in total. The Morgan fingerprint density at radius 3 is 1.62 bits per heavy atom. The molecular formula is C22H42O2. The Morgan fingerprint density at radius 1 is 0.875 bits per heavy atom. The molecule has 2 heteroatoms. The molecule has 0 spiro atoms. The number of hydrogen-bond acceptors (Lipinski definition) is 2. The second-order valence-electron chi connectivity index (χ2n) is 7.81. The van der Waals surface area contributed by atoms with Gasteiger partial charge in [-0.1, -0.05) is 78.6 Å². The molecule has 0 heterocycles. The van der Waals surface area contributed by atoms with Gasteiger partial charge in [0.25, 0.3) is 0 Å². The fourth-order valence-corrected chi connectivity index (χ4v) is 3.10. The van der Waals surface area contributed by atoms with Crippen LogP contribution < -0.4 is 0 Å². The van der Waals surface area contributed by atoms with E-state index < -0.39 is 0 Å². The summed E-state index contributed by atoms with van der Waals surface area (Å²) in [4.78, 5) is 20.7. The van der Waals surface area contributed by atoms with E-state index in [2.05, 4.69) is 20.8 Å². The molecule has 0 bridgehead atoms. The summed E-state index contributed by atoms with van der Waals surface area (Å²) in [6.07, 6.45) is 17.9. The highest BCUT2D eigenvalue weighted by Crippen LogP contribution is 2.28. The zero-order valence-corrected chi connectivity index (χ0v) is 16.8. The molecule has 0 aliphatic heterocycles. The van der Waals surface area contributed by atoms with Crippen LogP contribution in [0.4, 0.5) is 0 Å². The predicted octanol–water partition coefficient (Wildman–Crippen LogP) is 6.75. The summed E-state index contributed by atoms with van der Waals surface area (Å²) >= 11 is 0. The molecule has 0 unspecified atom stereocenters. The number of carbonyl (C=O) groups is 2. The highest BCUT2D eigenvalue weighted by atomic mass is 16.1. The van der Waals surface area contributed by atoms with E-state index in [0.29, 0.717) is 17.6 Å². The molecule has 0 amide bonds. The lowest BCUT2D eigenvalue weighted by atomic mass is 9.81. The number of aldehydes is 1. The van der Waals surface area contributed by atoms with Crippen LogP contribution in [0.3, 0.4) is 0 Å². The third-order valence-corrected chi connectivity index (χ3v) is 5.39. The first-order valence-electron chi connectivity index (χ1n) is 10.5. The van der Waals surface area contributed by atoms with Crippen molar-refractivity contribution in [1.82, 2.24) is 0 Å². The third kappa shape index (κ3) is 12.7. The van der Waals surface area contributed by atoms with Crippen LogP contribution in [0.15, 0.2) is 0 Å². The summed E-state index contributed by atoms with van der Waals surface area (Å²) in [5.41, 5.74) is 0. The van der Waals surface area contributed by atoms with Gasteiger partial charge in [0, 0.05) is 11.8 Å². The number of Topliss-reactive ketones (excluding diaryl/α,β-unsaturated/α-hetero) is 1. The van der Waals surface area contributed by atoms with Crippen LogP contribution in [0.5, 0.6) is 0 Å². The van der Waals surface area contributed by atoms with E-state index in [1.54, 1.807) is 6.92 Å². The van der Waals surface area contributed by atoms with Gasteiger partial charge in [0.05, 0.1) is 0 Å². The summed E-state index contributed by atoms with van der Waals surface area (Å²) in [7, 11) is 0. The molecule has 0 N–H and O–H groups in total. The summed E-state index contributed by atoms with van der Waals surface area (Å²) < 4.78 is 0. The van der Waals surface area contributed by atoms with E-state index in [9.17, 15) is 9.59 Å². The Morgan fingerprint density at radius 2 is 1.38 bits per heavy atom. The molecule has 2 saturated carbocycles. The van der Waals surface area contributed by atoms with Gasteiger partial charge in [-0.25, -0.2) is 0 Å². The Bertz CT molecular complexity index is 293.